The van der Waals surface area contributed by atoms with Crippen molar-refractivity contribution in [2.24, 2.45) is 0 Å². The molecule has 0 radical (unpaired) electrons. The number of nitrogens with one attached hydrogen (secondary N) is 3. The summed E-state index contributed by atoms with van der Waals surface area (Å²) in [6, 6.07) is 20.0. The van der Waals surface area contributed by atoms with Crippen molar-refractivity contribution in [3.05, 3.63) is 82.9 Å². The summed E-state index contributed by atoms with van der Waals surface area (Å²) >= 11 is 5.89. The van der Waals surface area contributed by atoms with Crippen LogP contribution in [0.4, 0.5) is 5.69 Å². The molecular weight excluding hydrogens is 448 g/mol. The Bertz CT molecular complexity index is 1320. The van der Waals surface area contributed by atoms with Gasteiger partial charge < -0.3 is 15.6 Å². The van der Waals surface area contributed by atoms with Crippen molar-refractivity contribution in [3.63, 3.8) is 0 Å². The molecule has 1 heterocycles. The lowest BCUT2D eigenvalue weighted by molar-refractivity contribution is 0.0927. The first-order valence-electron chi connectivity index (χ1n) is 11.5. The van der Waals surface area contributed by atoms with E-state index in [1.165, 1.54) is 19.3 Å². The molecule has 0 spiro atoms. The number of aromatic amines is 1. The van der Waals surface area contributed by atoms with E-state index in [0.29, 0.717) is 27.7 Å². The van der Waals surface area contributed by atoms with Crippen LogP contribution in [0.5, 0.6) is 0 Å². The Hall–Kier alpha value is -3.64. The van der Waals surface area contributed by atoms with Crippen LogP contribution >= 0.6 is 11.6 Å². The van der Waals surface area contributed by atoms with E-state index in [9.17, 15) is 9.59 Å². The number of imidazole rings is 1. The molecule has 3 N–H and O–H groups in total. The highest BCUT2D eigenvalue weighted by molar-refractivity contribution is 6.30. The molecule has 0 bridgehead atoms. The molecule has 3 aromatic carbocycles. The maximum Gasteiger partial charge on any atom is 0.255 e. The quantitative estimate of drug-likeness (QED) is 0.323. The molecule has 172 valence electrons. The molecule has 7 heteroatoms. The monoisotopic (exact) mass is 472 g/mol. The lowest BCUT2D eigenvalue weighted by Crippen LogP contribution is -2.36. The Morgan fingerprint density at radius 3 is 2.29 bits per heavy atom. The molecule has 0 atom stereocenters. The van der Waals surface area contributed by atoms with E-state index in [0.717, 1.165) is 29.4 Å². The summed E-state index contributed by atoms with van der Waals surface area (Å²) in [6.07, 6.45) is 5.71. The highest BCUT2D eigenvalue weighted by Gasteiger charge is 2.17. The number of halogens is 1. The first-order chi connectivity index (χ1) is 16.5. The van der Waals surface area contributed by atoms with Crippen LogP contribution in [-0.4, -0.2) is 27.8 Å². The van der Waals surface area contributed by atoms with E-state index in [1.807, 2.05) is 30.3 Å². The molecule has 1 aromatic heterocycles. The van der Waals surface area contributed by atoms with Gasteiger partial charge in [-0.25, -0.2) is 4.98 Å². The molecule has 1 saturated carbocycles. The van der Waals surface area contributed by atoms with Gasteiger partial charge >= 0.3 is 0 Å². The number of rotatable bonds is 5. The molecule has 4 aromatic rings. The minimum atomic E-state index is -0.202. The normalized spacial score (nSPS) is 14.1. The zero-order valence-electron chi connectivity index (χ0n) is 18.6. The summed E-state index contributed by atoms with van der Waals surface area (Å²) in [7, 11) is 0. The number of fused-ring (bicyclic) bond motifs is 1. The van der Waals surface area contributed by atoms with Crippen molar-refractivity contribution in [2.75, 3.05) is 5.32 Å². The Labute approximate surface area is 202 Å². The van der Waals surface area contributed by atoms with Crippen LogP contribution in [0, 0.1) is 0 Å². The van der Waals surface area contributed by atoms with Gasteiger partial charge in [-0.3, -0.25) is 9.59 Å². The van der Waals surface area contributed by atoms with Crippen molar-refractivity contribution in [1.29, 1.82) is 0 Å². The second-order valence-corrected chi connectivity index (χ2v) is 9.10. The molecule has 0 unspecified atom stereocenters. The number of carbonyl (C=O) groups excluding carboxylic acids is 2. The lowest BCUT2D eigenvalue weighted by atomic mass is 9.95. The third-order valence-electron chi connectivity index (χ3n) is 6.21. The molecule has 0 aliphatic heterocycles. The predicted molar refractivity (Wildman–Crippen MR) is 135 cm³/mol. The first-order valence-corrected chi connectivity index (χ1v) is 11.9. The Morgan fingerprint density at radius 2 is 1.56 bits per heavy atom. The van der Waals surface area contributed by atoms with Crippen LogP contribution in [0.1, 0.15) is 52.8 Å². The Balaban J connectivity index is 1.29. The number of carbonyl (C=O) groups is 2. The zero-order valence-corrected chi connectivity index (χ0v) is 19.4. The number of anilines is 1. The summed E-state index contributed by atoms with van der Waals surface area (Å²) in [5, 5.41) is 6.63. The fourth-order valence-corrected chi connectivity index (χ4v) is 4.45. The first kappa shape index (κ1) is 22.2. The van der Waals surface area contributed by atoms with Crippen LogP contribution in [0.25, 0.3) is 22.4 Å². The average Bonchev–Trinajstić information content (AvgIpc) is 3.30. The van der Waals surface area contributed by atoms with Gasteiger partial charge in [-0.1, -0.05) is 43.0 Å². The second-order valence-electron chi connectivity index (χ2n) is 8.66. The smallest absolute Gasteiger partial charge is 0.255 e. The summed E-state index contributed by atoms with van der Waals surface area (Å²) < 4.78 is 0. The number of hydrogen-bond donors (Lipinski definition) is 3. The van der Waals surface area contributed by atoms with Crippen molar-refractivity contribution >= 4 is 40.1 Å². The van der Waals surface area contributed by atoms with Crippen LogP contribution < -0.4 is 10.6 Å². The lowest BCUT2D eigenvalue weighted by Gasteiger charge is -2.22. The highest BCUT2D eigenvalue weighted by atomic mass is 35.5. The maximum atomic E-state index is 12.7. The largest absolute Gasteiger partial charge is 0.349 e. The number of aromatic nitrogens is 2. The van der Waals surface area contributed by atoms with Gasteiger partial charge in [0.05, 0.1) is 11.0 Å². The third-order valence-corrected chi connectivity index (χ3v) is 6.46. The number of nitrogens with zero attached hydrogens (tertiary/aromatic N) is 1. The SMILES string of the molecule is O=C(Nc1ccc(Cl)cc1)c1ccc(-c2nc3ccc(C(=O)NC4CCCCC4)cc3[nH]2)cc1. The molecule has 6 nitrogen and oxygen atoms in total. The minimum absolute atomic E-state index is 0.0407. The van der Waals surface area contributed by atoms with Crippen LogP contribution in [0.2, 0.25) is 5.02 Å². The van der Waals surface area contributed by atoms with Crippen LogP contribution in [0.15, 0.2) is 66.7 Å². The van der Waals surface area contributed by atoms with Gasteiger partial charge in [0.25, 0.3) is 11.8 Å². The highest BCUT2D eigenvalue weighted by Crippen LogP contribution is 2.23. The summed E-state index contributed by atoms with van der Waals surface area (Å²) in [4.78, 5) is 33.2. The zero-order chi connectivity index (χ0) is 23.5. The van der Waals surface area contributed by atoms with Gasteiger partial charge in [-0.15, -0.1) is 0 Å². The van der Waals surface area contributed by atoms with Gasteiger partial charge in [0.1, 0.15) is 5.82 Å². The molecular formula is C27H25ClN4O2. The van der Waals surface area contributed by atoms with Crippen molar-refractivity contribution < 1.29 is 9.59 Å². The number of hydrogen-bond acceptors (Lipinski definition) is 3. The summed E-state index contributed by atoms with van der Waals surface area (Å²) in [5.41, 5.74) is 4.29. The Morgan fingerprint density at radius 1 is 0.853 bits per heavy atom. The Kier molecular flexibility index (Phi) is 6.32. The van der Waals surface area contributed by atoms with E-state index < -0.39 is 0 Å². The van der Waals surface area contributed by atoms with Crippen molar-refractivity contribution in [2.45, 2.75) is 38.1 Å². The molecule has 0 saturated heterocycles. The summed E-state index contributed by atoms with van der Waals surface area (Å²) in [6.45, 7) is 0. The van der Waals surface area contributed by atoms with Gasteiger partial charge in [-0.05, 0) is 67.4 Å². The van der Waals surface area contributed by atoms with E-state index in [-0.39, 0.29) is 17.9 Å². The van der Waals surface area contributed by atoms with Crippen LogP contribution in [-0.2, 0) is 0 Å². The summed E-state index contributed by atoms with van der Waals surface area (Å²) in [5.74, 6) is 0.442. The minimum Gasteiger partial charge on any atom is -0.349 e. The average molecular weight is 473 g/mol. The van der Waals surface area contributed by atoms with E-state index in [2.05, 4.69) is 20.6 Å². The van der Waals surface area contributed by atoms with E-state index in [1.54, 1.807) is 36.4 Å². The number of benzene rings is 3. The molecule has 1 aliphatic rings. The van der Waals surface area contributed by atoms with Crippen LogP contribution in [0.3, 0.4) is 0 Å². The van der Waals surface area contributed by atoms with Gasteiger partial charge in [0, 0.05) is 33.4 Å². The van der Waals surface area contributed by atoms with Crippen molar-refractivity contribution in [3.8, 4) is 11.4 Å². The third kappa shape index (κ3) is 4.97. The maximum absolute atomic E-state index is 12.7. The predicted octanol–water partition coefficient (Wildman–Crippen LogP) is 6.20. The number of amides is 2. The number of H-pyrrole nitrogens is 1. The molecule has 1 fully saturated rings. The topological polar surface area (TPSA) is 86.9 Å². The van der Waals surface area contributed by atoms with Gasteiger partial charge in [0.15, 0.2) is 0 Å². The molecule has 2 amide bonds. The van der Waals surface area contributed by atoms with Crippen molar-refractivity contribution in [1.82, 2.24) is 15.3 Å². The fraction of sp³-hybridized carbons (Fsp3) is 0.222. The van der Waals surface area contributed by atoms with Gasteiger partial charge in [0.2, 0.25) is 0 Å². The second kappa shape index (κ2) is 9.69. The van der Waals surface area contributed by atoms with E-state index in [4.69, 9.17) is 11.6 Å². The molecule has 5 rings (SSSR count). The van der Waals surface area contributed by atoms with Gasteiger partial charge in [-0.2, -0.15) is 0 Å². The molecule has 1 aliphatic carbocycles. The van der Waals surface area contributed by atoms with E-state index >= 15 is 0 Å². The standard InChI is InChI=1S/C27H25ClN4O2/c28-20-11-13-22(14-12-20)30-26(33)18-8-6-17(7-9-18)25-31-23-15-10-19(16-24(23)32-25)27(34)29-21-4-2-1-3-5-21/h6-16,21H,1-5H2,(H,29,34)(H,30,33)(H,31,32). The molecule has 34 heavy (non-hydrogen) atoms. The fourth-order valence-electron chi connectivity index (χ4n) is 4.32.